The SMILES string of the molecule is CC(C)(C)OC(=O)N1CCc2cc(N3CCC(c4ccc([N+](=O)[O-])cc4)CC3)ccc2C1. The van der Waals surface area contributed by atoms with Crippen LogP contribution >= 0.6 is 0 Å². The molecule has 2 aromatic carbocycles. The van der Waals surface area contributed by atoms with E-state index in [1.807, 2.05) is 32.9 Å². The first kappa shape index (κ1) is 22.1. The standard InChI is InChI=1S/C25H31N3O4/c1-25(2,3)32-24(29)27-15-12-20-16-23(9-6-21(20)17-27)26-13-10-19(11-14-26)18-4-7-22(8-5-18)28(30)31/h4-9,16,19H,10-15,17H2,1-3H3. The predicted molar refractivity (Wildman–Crippen MR) is 124 cm³/mol. The van der Waals surface area contributed by atoms with E-state index in [0.717, 1.165) is 32.4 Å². The molecule has 1 saturated heterocycles. The van der Waals surface area contributed by atoms with Crippen LogP contribution in [0.4, 0.5) is 16.2 Å². The zero-order valence-electron chi connectivity index (χ0n) is 19.0. The van der Waals surface area contributed by atoms with E-state index in [1.54, 1.807) is 17.0 Å². The van der Waals surface area contributed by atoms with E-state index in [2.05, 4.69) is 23.1 Å². The normalized spacial score (nSPS) is 17.1. The molecule has 0 saturated carbocycles. The molecule has 0 bridgehead atoms. The first-order valence-corrected chi connectivity index (χ1v) is 11.3. The largest absolute Gasteiger partial charge is 0.444 e. The van der Waals surface area contributed by atoms with Crippen molar-refractivity contribution in [1.82, 2.24) is 4.90 Å². The maximum absolute atomic E-state index is 12.4. The van der Waals surface area contributed by atoms with Crippen LogP contribution in [0.5, 0.6) is 0 Å². The number of rotatable bonds is 3. The van der Waals surface area contributed by atoms with Crippen LogP contribution in [-0.2, 0) is 17.7 Å². The second-order valence-corrected chi connectivity index (χ2v) is 9.71. The van der Waals surface area contributed by atoms with Gasteiger partial charge >= 0.3 is 6.09 Å². The molecule has 7 heteroatoms. The quantitative estimate of drug-likeness (QED) is 0.483. The fraction of sp³-hybridized carbons (Fsp3) is 0.480. The first-order chi connectivity index (χ1) is 15.2. The van der Waals surface area contributed by atoms with Crippen molar-refractivity contribution >= 4 is 17.5 Å². The minimum atomic E-state index is -0.484. The Balaban J connectivity index is 1.36. The number of fused-ring (bicyclic) bond motifs is 1. The van der Waals surface area contributed by atoms with E-state index in [4.69, 9.17) is 4.74 Å². The van der Waals surface area contributed by atoms with Crippen molar-refractivity contribution in [3.05, 3.63) is 69.3 Å². The molecule has 2 heterocycles. The highest BCUT2D eigenvalue weighted by atomic mass is 16.6. The van der Waals surface area contributed by atoms with Gasteiger partial charge in [0.1, 0.15) is 5.60 Å². The summed E-state index contributed by atoms with van der Waals surface area (Å²) in [5.74, 6) is 0.437. The van der Waals surface area contributed by atoms with Gasteiger partial charge in [0, 0.05) is 44.0 Å². The Hall–Kier alpha value is -3.09. The summed E-state index contributed by atoms with van der Waals surface area (Å²) in [6.45, 7) is 8.86. The van der Waals surface area contributed by atoms with Crippen LogP contribution in [0.1, 0.15) is 56.2 Å². The zero-order valence-corrected chi connectivity index (χ0v) is 19.0. The second kappa shape index (κ2) is 8.81. The van der Waals surface area contributed by atoms with Crippen molar-refractivity contribution < 1.29 is 14.5 Å². The Labute approximate surface area is 189 Å². The van der Waals surface area contributed by atoms with Crippen molar-refractivity contribution in [2.75, 3.05) is 24.5 Å². The zero-order chi connectivity index (χ0) is 22.9. The van der Waals surface area contributed by atoms with E-state index in [9.17, 15) is 14.9 Å². The molecule has 0 aliphatic carbocycles. The molecule has 0 aromatic heterocycles. The van der Waals surface area contributed by atoms with Gasteiger partial charge in [-0.3, -0.25) is 10.1 Å². The summed E-state index contributed by atoms with van der Waals surface area (Å²) in [7, 11) is 0. The third kappa shape index (κ3) is 5.03. The van der Waals surface area contributed by atoms with E-state index in [-0.39, 0.29) is 16.7 Å². The molecule has 7 nitrogen and oxygen atoms in total. The number of nitro groups is 1. The number of anilines is 1. The van der Waals surface area contributed by atoms with E-state index in [1.165, 1.54) is 22.4 Å². The number of carbonyl (C=O) groups is 1. The maximum Gasteiger partial charge on any atom is 0.410 e. The third-order valence-electron chi connectivity index (χ3n) is 6.29. The Morgan fingerprint density at radius 1 is 1.03 bits per heavy atom. The number of non-ortho nitro benzene ring substituents is 1. The molecule has 2 aromatic rings. The van der Waals surface area contributed by atoms with Crippen LogP contribution in [0.2, 0.25) is 0 Å². The van der Waals surface area contributed by atoms with Gasteiger partial charge in [-0.1, -0.05) is 18.2 Å². The summed E-state index contributed by atoms with van der Waals surface area (Å²) in [5.41, 5.74) is 4.57. The molecular weight excluding hydrogens is 406 g/mol. The number of carbonyl (C=O) groups excluding carboxylic acids is 1. The van der Waals surface area contributed by atoms with Crippen LogP contribution in [0.15, 0.2) is 42.5 Å². The summed E-state index contributed by atoms with van der Waals surface area (Å²) in [4.78, 5) is 27.1. The number of ether oxygens (including phenoxy) is 1. The highest BCUT2D eigenvalue weighted by Gasteiger charge is 2.27. The fourth-order valence-electron chi connectivity index (χ4n) is 4.56. The van der Waals surface area contributed by atoms with E-state index in [0.29, 0.717) is 19.0 Å². The van der Waals surface area contributed by atoms with Gasteiger partial charge < -0.3 is 14.5 Å². The van der Waals surface area contributed by atoms with Crippen LogP contribution in [0, 0.1) is 10.1 Å². The predicted octanol–water partition coefficient (Wildman–Crippen LogP) is 5.27. The number of nitrogens with zero attached hydrogens (tertiary/aromatic N) is 3. The third-order valence-corrected chi connectivity index (χ3v) is 6.29. The maximum atomic E-state index is 12.4. The Morgan fingerprint density at radius 3 is 2.34 bits per heavy atom. The second-order valence-electron chi connectivity index (χ2n) is 9.71. The van der Waals surface area contributed by atoms with Gasteiger partial charge in [0.15, 0.2) is 0 Å². The molecule has 2 aliphatic heterocycles. The number of piperidine rings is 1. The van der Waals surface area contributed by atoms with Crippen LogP contribution < -0.4 is 4.90 Å². The van der Waals surface area contributed by atoms with Crippen LogP contribution in [-0.4, -0.2) is 41.2 Å². The van der Waals surface area contributed by atoms with Gasteiger partial charge in [0.2, 0.25) is 0 Å². The summed E-state index contributed by atoms with van der Waals surface area (Å²) >= 11 is 0. The lowest BCUT2D eigenvalue weighted by Crippen LogP contribution is -2.40. The van der Waals surface area contributed by atoms with E-state index < -0.39 is 5.60 Å². The highest BCUT2D eigenvalue weighted by Crippen LogP contribution is 2.33. The molecule has 0 N–H and O–H groups in total. The Kier molecular flexibility index (Phi) is 6.09. The molecule has 170 valence electrons. The molecule has 4 rings (SSSR count). The van der Waals surface area contributed by atoms with Gasteiger partial charge in [-0.05, 0) is 74.8 Å². The number of benzene rings is 2. The molecule has 32 heavy (non-hydrogen) atoms. The fourth-order valence-corrected chi connectivity index (χ4v) is 4.56. The first-order valence-electron chi connectivity index (χ1n) is 11.3. The summed E-state index contributed by atoms with van der Waals surface area (Å²) < 4.78 is 5.52. The molecule has 2 aliphatic rings. The smallest absolute Gasteiger partial charge is 0.410 e. The number of hydrogen-bond donors (Lipinski definition) is 0. The van der Waals surface area contributed by atoms with Crippen molar-refractivity contribution in [2.45, 2.75) is 58.1 Å². The summed E-state index contributed by atoms with van der Waals surface area (Å²) in [5, 5.41) is 10.9. The molecule has 0 unspecified atom stereocenters. The summed E-state index contributed by atoms with van der Waals surface area (Å²) in [6.07, 6.45) is 2.64. The average Bonchev–Trinajstić information content (AvgIpc) is 2.77. The lowest BCUT2D eigenvalue weighted by Gasteiger charge is -2.35. The van der Waals surface area contributed by atoms with Crippen LogP contribution in [0.3, 0.4) is 0 Å². The number of hydrogen-bond acceptors (Lipinski definition) is 5. The van der Waals surface area contributed by atoms with Gasteiger partial charge in [0.25, 0.3) is 5.69 Å². The lowest BCUT2D eigenvalue weighted by molar-refractivity contribution is -0.384. The topological polar surface area (TPSA) is 75.9 Å². The Bertz CT molecular complexity index is 989. The number of amides is 1. The minimum Gasteiger partial charge on any atom is -0.444 e. The van der Waals surface area contributed by atoms with Gasteiger partial charge in [-0.2, -0.15) is 0 Å². The molecule has 1 amide bonds. The van der Waals surface area contributed by atoms with Crippen molar-refractivity contribution in [3.8, 4) is 0 Å². The van der Waals surface area contributed by atoms with E-state index >= 15 is 0 Å². The van der Waals surface area contributed by atoms with Gasteiger partial charge in [-0.15, -0.1) is 0 Å². The van der Waals surface area contributed by atoms with Crippen molar-refractivity contribution in [3.63, 3.8) is 0 Å². The molecule has 0 atom stereocenters. The average molecular weight is 438 g/mol. The minimum absolute atomic E-state index is 0.144. The Morgan fingerprint density at radius 2 is 1.72 bits per heavy atom. The van der Waals surface area contributed by atoms with Gasteiger partial charge in [0.05, 0.1) is 4.92 Å². The summed E-state index contributed by atoms with van der Waals surface area (Å²) in [6, 6.07) is 13.6. The molecule has 0 radical (unpaired) electrons. The van der Waals surface area contributed by atoms with Crippen LogP contribution in [0.25, 0.3) is 0 Å². The van der Waals surface area contributed by atoms with Gasteiger partial charge in [-0.25, -0.2) is 4.79 Å². The molecule has 0 spiro atoms. The monoisotopic (exact) mass is 437 g/mol. The highest BCUT2D eigenvalue weighted by molar-refractivity contribution is 5.69. The molecule has 1 fully saturated rings. The lowest BCUT2D eigenvalue weighted by atomic mass is 9.89. The molecular formula is C25H31N3O4. The number of nitro benzene ring substituents is 1. The van der Waals surface area contributed by atoms with Crippen molar-refractivity contribution in [1.29, 1.82) is 0 Å². The van der Waals surface area contributed by atoms with Crippen molar-refractivity contribution in [2.24, 2.45) is 0 Å².